The van der Waals surface area contributed by atoms with Crippen LogP contribution in [0.5, 0.6) is 0 Å². The van der Waals surface area contributed by atoms with E-state index in [1.165, 1.54) is 64.2 Å². The van der Waals surface area contributed by atoms with Crippen molar-refractivity contribution in [2.24, 2.45) is 0 Å². The van der Waals surface area contributed by atoms with Gasteiger partial charge in [-0.25, -0.2) is 0 Å². The average molecular weight is 270 g/mol. The summed E-state index contributed by atoms with van der Waals surface area (Å²) < 4.78 is 13.7. The maximum absolute atomic E-state index is 13.4. The molecular weight excluding hydrogens is 240 g/mol. The van der Waals surface area contributed by atoms with E-state index in [4.69, 9.17) is 0 Å². The predicted molar refractivity (Wildman–Crippen MR) is 80.4 cm³/mol. The fourth-order valence-corrected chi connectivity index (χ4v) is 6.95. The highest BCUT2D eigenvalue weighted by molar-refractivity contribution is 7.94. The zero-order valence-electron chi connectivity index (χ0n) is 12.3. The summed E-state index contributed by atoms with van der Waals surface area (Å²) in [5.41, 5.74) is 0. The Bertz CT molecular complexity index is 226. The van der Waals surface area contributed by atoms with Crippen LogP contribution in [-0.2, 0) is 11.2 Å². The second-order valence-electron chi connectivity index (χ2n) is 6.46. The summed E-state index contributed by atoms with van der Waals surface area (Å²) in [5.74, 6) is 0. The topological polar surface area (TPSA) is 23.1 Å². The Hall–Kier alpha value is 0.310. The molecule has 0 spiro atoms. The van der Waals surface area contributed by atoms with Crippen LogP contribution in [0.2, 0.25) is 0 Å². The number of hydrogen-bond acceptors (Lipinski definition) is 1. The van der Waals surface area contributed by atoms with E-state index in [1.807, 2.05) is 0 Å². The van der Waals surface area contributed by atoms with E-state index >= 15 is 0 Å². The zero-order valence-corrected chi connectivity index (χ0v) is 13.1. The van der Waals surface area contributed by atoms with Crippen LogP contribution in [0.4, 0.5) is 0 Å². The van der Waals surface area contributed by atoms with Crippen molar-refractivity contribution in [2.45, 2.75) is 100 Å². The van der Waals surface area contributed by atoms with E-state index in [0.717, 1.165) is 12.8 Å². The summed E-state index contributed by atoms with van der Waals surface area (Å²) in [5, 5.41) is 0. The lowest BCUT2D eigenvalue weighted by Crippen LogP contribution is -2.53. The van der Waals surface area contributed by atoms with Crippen LogP contribution in [0.3, 0.4) is 0 Å². The third-order valence-corrected chi connectivity index (χ3v) is 8.57. The molecule has 2 aliphatic rings. The molecule has 0 aromatic carbocycles. The van der Waals surface area contributed by atoms with Crippen LogP contribution in [0.15, 0.2) is 0 Å². The molecule has 0 atom stereocenters. The van der Waals surface area contributed by atoms with Gasteiger partial charge in [-0.1, -0.05) is 26.7 Å². The quantitative estimate of drug-likeness (QED) is 0.662. The minimum Gasteiger partial charge on any atom is -0.615 e. The smallest absolute Gasteiger partial charge is 0.125 e. The van der Waals surface area contributed by atoms with Gasteiger partial charge < -0.3 is 4.55 Å². The first-order chi connectivity index (χ1) is 8.69. The summed E-state index contributed by atoms with van der Waals surface area (Å²) >= 11 is -0.610. The number of rotatable bonds is 4. The van der Waals surface area contributed by atoms with Crippen LogP contribution in [0, 0.1) is 0 Å². The Labute approximate surface area is 116 Å². The van der Waals surface area contributed by atoms with Gasteiger partial charge in [-0.15, -0.1) is 0 Å². The van der Waals surface area contributed by atoms with Gasteiger partial charge in [0.2, 0.25) is 0 Å². The highest BCUT2D eigenvalue weighted by Crippen LogP contribution is 2.49. The SMILES string of the molecule is CCC1([S+]([O-])C2(CC)CCCCC2)CCCCC1. The first-order valence-electron chi connectivity index (χ1n) is 8.11. The van der Waals surface area contributed by atoms with Gasteiger partial charge in [-0.05, 0) is 75.4 Å². The molecule has 0 aromatic rings. The van der Waals surface area contributed by atoms with Crippen LogP contribution < -0.4 is 0 Å². The average Bonchev–Trinajstić information content (AvgIpc) is 2.48. The van der Waals surface area contributed by atoms with Crippen molar-refractivity contribution in [1.82, 2.24) is 0 Å². The second-order valence-corrected chi connectivity index (χ2v) is 8.73. The molecule has 0 aliphatic heterocycles. The lowest BCUT2D eigenvalue weighted by Gasteiger charge is -2.48. The van der Waals surface area contributed by atoms with Gasteiger partial charge in [-0.2, -0.15) is 0 Å². The summed E-state index contributed by atoms with van der Waals surface area (Å²) in [6.07, 6.45) is 15.1. The molecule has 0 heterocycles. The van der Waals surface area contributed by atoms with Crippen molar-refractivity contribution < 1.29 is 4.55 Å². The Morgan fingerprint density at radius 1 is 0.722 bits per heavy atom. The number of hydrogen-bond donors (Lipinski definition) is 0. The van der Waals surface area contributed by atoms with Gasteiger partial charge in [-0.3, -0.25) is 0 Å². The minimum absolute atomic E-state index is 0.172. The molecule has 2 heteroatoms. The van der Waals surface area contributed by atoms with Gasteiger partial charge in [0.15, 0.2) is 0 Å². The third-order valence-electron chi connectivity index (χ3n) is 5.60. The van der Waals surface area contributed by atoms with E-state index in [-0.39, 0.29) is 9.49 Å². The van der Waals surface area contributed by atoms with Crippen LogP contribution in [0.25, 0.3) is 0 Å². The van der Waals surface area contributed by atoms with Crippen molar-refractivity contribution in [2.75, 3.05) is 0 Å². The molecule has 0 bridgehead atoms. The predicted octanol–water partition coefficient (Wildman–Crippen LogP) is 4.96. The molecule has 0 aromatic heterocycles. The molecular formula is C16H30OS. The molecule has 2 fully saturated rings. The highest BCUT2D eigenvalue weighted by Gasteiger charge is 2.52. The molecule has 0 radical (unpaired) electrons. The first-order valence-corrected chi connectivity index (χ1v) is 9.26. The van der Waals surface area contributed by atoms with Gasteiger partial charge >= 0.3 is 0 Å². The molecule has 0 N–H and O–H groups in total. The molecule has 2 aliphatic carbocycles. The molecule has 0 saturated heterocycles. The first kappa shape index (κ1) is 14.7. The Morgan fingerprint density at radius 2 is 1.06 bits per heavy atom. The molecule has 0 unspecified atom stereocenters. The van der Waals surface area contributed by atoms with Crippen LogP contribution in [-0.4, -0.2) is 14.0 Å². The van der Waals surface area contributed by atoms with Crippen molar-refractivity contribution in [3.05, 3.63) is 0 Å². The monoisotopic (exact) mass is 270 g/mol. The standard InChI is InChI=1S/C16H30OS/c1-3-15(11-7-5-8-12-15)18(17)16(4-2)13-9-6-10-14-16/h3-14H2,1-2H3. The van der Waals surface area contributed by atoms with Gasteiger partial charge in [0.1, 0.15) is 9.49 Å². The minimum atomic E-state index is -0.610. The van der Waals surface area contributed by atoms with Crippen LogP contribution in [0.1, 0.15) is 90.9 Å². The van der Waals surface area contributed by atoms with Crippen molar-refractivity contribution >= 4 is 11.2 Å². The van der Waals surface area contributed by atoms with Gasteiger partial charge in [0, 0.05) is 0 Å². The highest BCUT2D eigenvalue weighted by atomic mass is 32.2. The van der Waals surface area contributed by atoms with Crippen molar-refractivity contribution in [3.63, 3.8) is 0 Å². The Morgan fingerprint density at radius 3 is 1.33 bits per heavy atom. The maximum Gasteiger partial charge on any atom is 0.125 e. The van der Waals surface area contributed by atoms with E-state index in [0.29, 0.717) is 0 Å². The Balaban J connectivity index is 2.17. The molecule has 0 amide bonds. The second kappa shape index (κ2) is 6.17. The normalized spacial score (nSPS) is 27.3. The molecule has 2 saturated carbocycles. The summed E-state index contributed by atoms with van der Waals surface area (Å²) in [4.78, 5) is 0. The van der Waals surface area contributed by atoms with E-state index in [2.05, 4.69) is 13.8 Å². The van der Waals surface area contributed by atoms with Crippen molar-refractivity contribution in [1.29, 1.82) is 0 Å². The molecule has 106 valence electrons. The van der Waals surface area contributed by atoms with E-state index in [1.54, 1.807) is 0 Å². The summed E-state index contributed by atoms with van der Waals surface area (Å²) in [6.45, 7) is 4.55. The Kier molecular flexibility index (Phi) is 5.05. The van der Waals surface area contributed by atoms with E-state index < -0.39 is 11.2 Å². The van der Waals surface area contributed by atoms with E-state index in [9.17, 15) is 4.55 Å². The third kappa shape index (κ3) is 2.60. The fourth-order valence-electron chi connectivity index (χ4n) is 4.19. The maximum atomic E-state index is 13.4. The molecule has 18 heavy (non-hydrogen) atoms. The molecule has 1 nitrogen and oxygen atoms in total. The van der Waals surface area contributed by atoms with Crippen LogP contribution >= 0.6 is 0 Å². The lowest BCUT2D eigenvalue weighted by atomic mass is 9.85. The summed E-state index contributed by atoms with van der Waals surface area (Å²) in [6, 6.07) is 0. The summed E-state index contributed by atoms with van der Waals surface area (Å²) in [7, 11) is 0. The fraction of sp³-hybridized carbons (Fsp3) is 1.00. The van der Waals surface area contributed by atoms with Gasteiger partial charge in [0.05, 0.1) is 0 Å². The van der Waals surface area contributed by atoms with Crippen molar-refractivity contribution in [3.8, 4) is 0 Å². The van der Waals surface area contributed by atoms with Gasteiger partial charge in [0.25, 0.3) is 0 Å². The largest absolute Gasteiger partial charge is 0.615 e. The lowest BCUT2D eigenvalue weighted by molar-refractivity contribution is 0.317. The molecule has 2 rings (SSSR count). The zero-order chi connectivity index (χ0) is 13.1.